The van der Waals surface area contributed by atoms with Gasteiger partial charge in [0, 0.05) is 25.7 Å². The van der Waals surface area contributed by atoms with Gasteiger partial charge in [-0.3, -0.25) is 0 Å². The lowest BCUT2D eigenvalue weighted by Crippen LogP contribution is -2.46. The van der Waals surface area contributed by atoms with Crippen LogP contribution in [-0.2, 0) is 10.2 Å². The highest BCUT2D eigenvalue weighted by Gasteiger charge is 2.22. The Morgan fingerprint density at radius 2 is 1.76 bits per heavy atom. The normalized spacial score (nSPS) is 15.6. The van der Waals surface area contributed by atoms with Gasteiger partial charge in [0.15, 0.2) is 0 Å². The second-order valence-corrected chi connectivity index (χ2v) is 7.80. The SMILES string of the molecule is CC(C)N(C)S(=O)(=O)NCC(N)CC(C)(C)C. The largest absolute Gasteiger partial charge is 0.326 e. The molecule has 17 heavy (non-hydrogen) atoms. The van der Waals surface area contributed by atoms with Crippen molar-refractivity contribution in [2.45, 2.75) is 53.1 Å². The molecule has 0 aliphatic carbocycles. The van der Waals surface area contributed by atoms with Crippen LogP contribution >= 0.6 is 0 Å². The molecule has 0 saturated heterocycles. The topological polar surface area (TPSA) is 75.4 Å². The Bertz CT molecular complexity index is 320. The molecule has 0 saturated carbocycles. The van der Waals surface area contributed by atoms with E-state index in [1.54, 1.807) is 7.05 Å². The van der Waals surface area contributed by atoms with Crippen molar-refractivity contribution in [3.05, 3.63) is 0 Å². The molecule has 0 fully saturated rings. The fourth-order valence-electron chi connectivity index (χ4n) is 1.45. The van der Waals surface area contributed by atoms with Gasteiger partial charge in [-0.15, -0.1) is 0 Å². The second kappa shape index (κ2) is 6.13. The third-order valence-corrected chi connectivity index (χ3v) is 4.22. The summed E-state index contributed by atoms with van der Waals surface area (Å²) in [6, 6.07) is -0.225. The fraction of sp³-hybridized carbons (Fsp3) is 1.00. The predicted octanol–water partition coefficient (Wildman–Crippen LogP) is 0.925. The van der Waals surface area contributed by atoms with Gasteiger partial charge in [-0.2, -0.15) is 12.7 Å². The number of nitrogens with zero attached hydrogens (tertiary/aromatic N) is 1. The van der Waals surface area contributed by atoms with E-state index in [9.17, 15) is 8.42 Å². The highest BCUT2D eigenvalue weighted by molar-refractivity contribution is 7.87. The standard InChI is InChI=1S/C11H27N3O2S/c1-9(2)14(6)17(15,16)13-8-10(12)7-11(3,4)5/h9-10,13H,7-8,12H2,1-6H3. The first-order chi connectivity index (χ1) is 7.46. The zero-order valence-electron chi connectivity index (χ0n) is 11.8. The van der Waals surface area contributed by atoms with Gasteiger partial charge in [0.05, 0.1) is 0 Å². The van der Waals surface area contributed by atoms with Crippen molar-refractivity contribution in [2.75, 3.05) is 13.6 Å². The van der Waals surface area contributed by atoms with Gasteiger partial charge in [0.1, 0.15) is 0 Å². The molecule has 0 amide bonds. The Balaban J connectivity index is 4.29. The van der Waals surface area contributed by atoms with Crippen molar-refractivity contribution < 1.29 is 8.42 Å². The van der Waals surface area contributed by atoms with Crippen LogP contribution in [0, 0.1) is 5.41 Å². The van der Waals surface area contributed by atoms with Crippen LogP contribution in [0.2, 0.25) is 0 Å². The number of hydrogen-bond donors (Lipinski definition) is 2. The molecule has 0 aromatic carbocycles. The lowest BCUT2D eigenvalue weighted by atomic mass is 9.88. The first-order valence-electron chi connectivity index (χ1n) is 5.94. The summed E-state index contributed by atoms with van der Waals surface area (Å²) in [5, 5.41) is 0. The van der Waals surface area contributed by atoms with Gasteiger partial charge in [-0.1, -0.05) is 20.8 Å². The van der Waals surface area contributed by atoms with Gasteiger partial charge in [-0.05, 0) is 25.7 Å². The Morgan fingerprint density at radius 1 is 1.29 bits per heavy atom. The zero-order chi connectivity index (χ0) is 13.9. The van der Waals surface area contributed by atoms with Crippen LogP contribution in [0.1, 0.15) is 41.0 Å². The highest BCUT2D eigenvalue weighted by Crippen LogP contribution is 2.19. The van der Waals surface area contributed by atoms with E-state index >= 15 is 0 Å². The molecule has 0 aliphatic rings. The predicted molar refractivity (Wildman–Crippen MR) is 71.9 cm³/mol. The summed E-state index contributed by atoms with van der Waals surface area (Å²) in [5.74, 6) is 0. The maximum atomic E-state index is 11.8. The molecular weight excluding hydrogens is 238 g/mol. The van der Waals surface area contributed by atoms with Gasteiger partial charge in [0.25, 0.3) is 10.2 Å². The number of nitrogens with one attached hydrogen (secondary N) is 1. The van der Waals surface area contributed by atoms with E-state index in [4.69, 9.17) is 5.73 Å². The maximum absolute atomic E-state index is 11.8. The van der Waals surface area contributed by atoms with Gasteiger partial charge in [-0.25, -0.2) is 4.72 Å². The zero-order valence-corrected chi connectivity index (χ0v) is 12.6. The van der Waals surface area contributed by atoms with Crippen LogP contribution in [0.15, 0.2) is 0 Å². The Kier molecular flexibility index (Phi) is 6.07. The second-order valence-electron chi connectivity index (χ2n) is 5.99. The molecule has 104 valence electrons. The summed E-state index contributed by atoms with van der Waals surface area (Å²) in [4.78, 5) is 0. The van der Waals surface area contributed by atoms with Crippen LogP contribution in [0.25, 0.3) is 0 Å². The molecule has 0 aromatic heterocycles. The van der Waals surface area contributed by atoms with E-state index < -0.39 is 10.2 Å². The third-order valence-electron chi connectivity index (χ3n) is 2.51. The first-order valence-corrected chi connectivity index (χ1v) is 7.38. The summed E-state index contributed by atoms with van der Waals surface area (Å²) >= 11 is 0. The van der Waals surface area contributed by atoms with E-state index in [1.165, 1.54) is 4.31 Å². The smallest absolute Gasteiger partial charge is 0.279 e. The van der Waals surface area contributed by atoms with E-state index in [0.717, 1.165) is 6.42 Å². The van der Waals surface area contributed by atoms with Crippen molar-refractivity contribution in [2.24, 2.45) is 11.1 Å². The molecule has 0 aliphatic heterocycles. The minimum Gasteiger partial charge on any atom is -0.326 e. The van der Waals surface area contributed by atoms with Crippen molar-refractivity contribution in [1.82, 2.24) is 9.03 Å². The maximum Gasteiger partial charge on any atom is 0.279 e. The molecule has 3 N–H and O–H groups in total. The molecule has 1 unspecified atom stereocenters. The summed E-state index contributed by atoms with van der Waals surface area (Å²) in [6.45, 7) is 10.2. The van der Waals surface area contributed by atoms with Crippen LogP contribution in [0.4, 0.5) is 0 Å². The molecule has 6 heteroatoms. The van der Waals surface area contributed by atoms with Gasteiger partial charge >= 0.3 is 0 Å². The molecule has 0 rings (SSSR count). The van der Waals surface area contributed by atoms with E-state index in [0.29, 0.717) is 0 Å². The number of nitrogens with two attached hydrogens (primary N) is 1. The summed E-state index contributed by atoms with van der Waals surface area (Å²) in [5.41, 5.74) is 6.00. The molecule has 0 heterocycles. The number of hydrogen-bond acceptors (Lipinski definition) is 3. The monoisotopic (exact) mass is 265 g/mol. The van der Waals surface area contributed by atoms with Gasteiger partial charge in [0.2, 0.25) is 0 Å². The molecule has 0 bridgehead atoms. The van der Waals surface area contributed by atoms with Crippen molar-refractivity contribution in [3.63, 3.8) is 0 Å². The van der Waals surface area contributed by atoms with E-state index in [1.807, 2.05) is 13.8 Å². The van der Waals surface area contributed by atoms with Crippen molar-refractivity contribution in [3.8, 4) is 0 Å². The average molecular weight is 265 g/mol. The average Bonchev–Trinajstić information content (AvgIpc) is 2.11. The summed E-state index contributed by atoms with van der Waals surface area (Å²) in [6.07, 6.45) is 0.779. The van der Waals surface area contributed by atoms with Crippen molar-refractivity contribution >= 4 is 10.2 Å². The lowest BCUT2D eigenvalue weighted by Gasteiger charge is -2.25. The Morgan fingerprint density at radius 3 is 2.12 bits per heavy atom. The van der Waals surface area contributed by atoms with Gasteiger partial charge < -0.3 is 5.73 Å². The third kappa shape index (κ3) is 6.98. The van der Waals surface area contributed by atoms with Crippen LogP contribution in [0.3, 0.4) is 0 Å². The minimum absolute atomic E-state index is 0.0636. The van der Waals surface area contributed by atoms with Crippen LogP contribution in [0.5, 0.6) is 0 Å². The molecule has 0 radical (unpaired) electrons. The Hall–Kier alpha value is -0.170. The summed E-state index contributed by atoms with van der Waals surface area (Å²) in [7, 11) is -1.85. The molecule has 0 spiro atoms. The van der Waals surface area contributed by atoms with Crippen LogP contribution < -0.4 is 10.5 Å². The van der Waals surface area contributed by atoms with Crippen molar-refractivity contribution in [1.29, 1.82) is 0 Å². The summed E-state index contributed by atoms with van der Waals surface area (Å²) < 4.78 is 27.4. The van der Waals surface area contributed by atoms with E-state index in [-0.39, 0.29) is 24.0 Å². The Labute approximate surface area is 106 Å². The minimum atomic E-state index is -3.41. The van der Waals surface area contributed by atoms with Crippen LogP contribution in [-0.4, -0.2) is 38.4 Å². The van der Waals surface area contributed by atoms with E-state index in [2.05, 4.69) is 25.5 Å². The highest BCUT2D eigenvalue weighted by atomic mass is 32.2. The quantitative estimate of drug-likeness (QED) is 0.750. The number of rotatable bonds is 6. The lowest BCUT2D eigenvalue weighted by molar-refractivity contribution is 0.335. The first kappa shape index (κ1) is 16.8. The molecule has 5 nitrogen and oxygen atoms in total. The molecule has 1 atom stereocenters. The molecule has 0 aromatic rings. The molecular formula is C11H27N3O2S. The fourth-order valence-corrected chi connectivity index (χ4v) is 2.63.